The highest BCUT2D eigenvalue weighted by Crippen LogP contribution is 2.00. The number of carbonyl (C=O) groups is 1. The van der Waals surface area contributed by atoms with Crippen molar-refractivity contribution in [3.63, 3.8) is 0 Å². The van der Waals surface area contributed by atoms with Crippen molar-refractivity contribution in [3.8, 4) is 0 Å². The molecule has 1 aliphatic heterocycles. The summed E-state index contributed by atoms with van der Waals surface area (Å²) in [6.45, 7) is 6.28. The highest BCUT2D eigenvalue weighted by molar-refractivity contribution is 5.93. The second kappa shape index (κ2) is 7.21. The number of carbonyl (C=O) groups excluding carboxylic acids is 1. The predicted molar refractivity (Wildman–Crippen MR) is 74.0 cm³/mol. The van der Waals surface area contributed by atoms with E-state index < -0.39 is 0 Å². The Morgan fingerprint density at radius 1 is 1.42 bits per heavy atom. The third-order valence-electron chi connectivity index (χ3n) is 3.40. The number of piperazine rings is 1. The third kappa shape index (κ3) is 4.61. The molecule has 19 heavy (non-hydrogen) atoms. The van der Waals surface area contributed by atoms with E-state index in [2.05, 4.69) is 33.2 Å². The minimum absolute atomic E-state index is 0.0669. The second-order valence-electron chi connectivity index (χ2n) is 4.93. The van der Waals surface area contributed by atoms with Crippen molar-refractivity contribution in [3.05, 3.63) is 30.1 Å². The van der Waals surface area contributed by atoms with Crippen LogP contribution in [0.3, 0.4) is 0 Å². The van der Waals surface area contributed by atoms with Gasteiger partial charge in [0.15, 0.2) is 0 Å². The summed E-state index contributed by atoms with van der Waals surface area (Å²) in [6.07, 6.45) is 4.09. The number of nitrogens with zero attached hydrogens (tertiary/aromatic N) is 3. The molecular weight excluding hydrogens is 240 g/mol. The molecule has 1 saturated heterocycles. The van der Waals surface area contributed by atoms with E-state index in [0.717, 1.165) is 39.1 Å². The lowest BCUT2D eigenvalue weighted by atomic mass is 10.2. The molecule has 2 heterocycles. The van der Waals surface area contributed by atoms with Crippen molar-refractivity contribution >= 4 is 5.91 Å². The first-order chi connectivity index (χ1) is 9.25. The van der Waals surface area contributed by atoms with Gasteiger partial charge in [-0.05, 0) is 26.1 Å². The molecule has 0 aliphatic carbocycles. The van der Waals surface area contributed by atoms with Crippen LogP contribution in [0.15, 0.2) is 18.5 Å². The molecule has 103 valence electrons. The van der Waals surface area contributed by atoms with E-state index in [-0.39, 0.29) is 5.91 Å². The van der Waals surface area contributed by atoms with Gasteiger partial charge >= 0.3 is 0 Å². The predicted octanol–water partition coefficient (Wildman–Crippen LogP) is 0.249. The number of hydrogen-bond acceptors (Lipinski definition) is 4. The molecule has 0 atom stereocenters. The van der Waals surface area contributed by atoms with Gasteiger partial charge in [0, 0.05) is 51.2 Å². The van der Waals surface area contributed by atoms with Crippen LogP contribution >= 0.6 is 0 Å². The Hall–Kier alpha value is -1.46. The molecule has 2 rings (SSSR count). The van der Waals surface area contributed by atoms with Crippen molar-refractivity contribution in [2.45, 2.75) is 6.42 Å². The van der Waals surface area contributed by atoms with Gasteiger partial charge in [-0.25, -0.2) is 0 Å². The zero-order valence-electron chi connectivity index (χ0n) is 11.4. The van der Waals surface area contributed by atoms with Gasteiger partial charge in [0.05, 0.1) is 5.56 Å². The van der Waals surface area contributed by atoms with Crippen LogP contribution in [0.2, 0.25) is 0 Å². The maximum atomic E-state index is 11.7. The SMILES string of the molecule is CN1CCN(CCCNC(=O)c2c[c]cnc2)CC1. The van der Waals surface area contributed by atoms with Crippen LogP contribution in [-0.2, 0) is 0 Å². The lowest BCUT2D eigenvalue weighted by molar-refractivity contribution is 0.0949. The van der Waals surface area contributed by atoms with Crippen LogP contribution in [0.5, 0.6) is 0 Å². The third-order valence-corrected chi connectivity index (χ3v) is 3.40. The molecule has 0 aromatic carbocycles. The van der Waals surface area contributed by atoms with Gasteiger partial charge in [0.25, 0.3) is 5.91 Å². The van der Waals surface area contributed by atoms with Gasteiger partial charge in [-0.15, -0.1) is 0 Å². The second-order valence-corrected chi connectivity index (χ2v) is 4.93. The quantitative estimate of drug-likeness (QED) is 0.772. The lowest BCUT2D eigenvalue weighted by Crippen LogP contribution is -2.45. The fourth-order valence-electron chi connectivity index (χ4n) is 2.13. The van der Waals surface area contributed by atoms with Gasteiger partial charge < -0.3 is 15.1 Å². The Labute approximate surface area is 114 Å². The van der Waals surface area contributed by atoms with E-state index >= 15 is 0 Å². The molecule has 5 heteroatoms. The summed E-state index contributed by atoms with van der Waals surface area (Å²) in [7, 11) is 2.16. The fourth-order valence-corrected chi connectivity index (χ4v) is 2.13. The van der Waals surface area contributed by atoms with Gasteiger partial charge in [0.1, 0.15) is 0 Å². The van der Waals surface area contributed by atoms with Crippen molar-refractivity contribution in [2.75, 3.05) is 46.3 Å². The van der Waals surface area contributed by atoms with Crippen LogP contribution in [0.1, 0.15) is 16.8 Å². The first-order valence-corrected chi connectivity index (χ1v) is 6.76. The average Bonchev–Trinajstić information content (AvgIpc) is 2.46. The van der Waals surface area contributed by atoms with Gasteiger partial charge in [-0.2, -0.15) is 0 Å². The standard InChI is InChI=1S/C14H21N4O/c1-17-8-10-18(11-9-17)7-3-6-16-14(19)13-4-2-5-15-12-13/h4-5,12H,3,6-11H2,1H3,(H,16,19). The van der Waals surface area contributed by atoms with Crippen molar-refractivity contribution in [2.24, 2.45) is 0 Å². The van der Waals surface area contributed by atoms with Crippen LogP contribution in [-0.4, -0.2) is 67.0 Å². The normalized spacial score (nSPS) is 17.3. The van der Waals surface area contributed by atoms with Crippen molar-refractivity contribution < 1.29 is 4.79 Å². The first kappa shape index (κ1) is 14.0. The number of pyridine rings is 1. The molecule has 1 fully saturated rings. The summed E-state index contributed by atoms with van der Waals surface area (Å²) in [4.78, 5) is 20.4. The van der Waals surface area contributed by atoms with E-state index in [1.54, 1.807) is 18.5 Å². The summed E-state index contributed by atoms with van der Waals surface area (Å²) in [5, 5.41) is 2.91. The molecule has 0 saturated carbocycles. The van der Waals surface area contributed by atoms with Crippen molar-refractivity contribution in [1.29, 1.82) is 0 Å². The maximum absolute atomic E-state index is 11.7. The van der Waals surface area contributed by atoms with E-state index in [1.807, 2.05) is 0 Å². The van der Waals surface area contributed by atoms with E-state index in [4.69, 9.17) is 0 Å². The van der Waals surface area contributed by atoms with Gasteiger partial charge in [-0.3, -0.25) is 9.78 Å². The summed E-state index contributed by atoms with van der Waals surface area (Å²) >= 11 is 0. The Balaban J connectivity index is 1.61. The number of rotatable bonds is 5. The highest BCUT2D eigenvalue weighted by Gasteiger charge is 2.13. The molecule has 1 aromatic rings. The summed E-state index contributed by atoms with van der Waals surface area (Å²) in [6, 6.07) is 4.46. The number of hydrogen-bond donors (Lipinski definition) is 1. The van der Waals surface area contributed by atoms with Crippen LogP contribution in [0.25, 0.3) is 0 Å². The number of amides is 1. The van der Waals surface area contributed by atoms with E-state index in [1.165, 1.54) is 0 Å². The Bertz CT molecular complexity index is 388. The average molecular weight is 261 g/mol. The minimum Gasteiger partial charge on any atom is -0.352 e. The largest absolute Gasteiger partial charge is 0.352 e. The smallest absolute Gasteiger partial charge is 0.252 e. The zero-order valence-corrected chi connectivity index (χ0v) is 11.4. The summed E-state index contributed by atoms with van der Waals surface area (Å²) in [5.74, 6) is -0.0669. The molecule has 1 aromatic heterocycles. The zero-order chi connectivity index (χ0) is 13.5. The first-order valence-electron chi connectivity index (χ1n) is 6.76. The summed E-state index contributed by atoms with van der Waals surface area (Å²) in [5.41, 5.74) is 0.571. The van der Waals surface area contributed by atoms with Crippen LogP contribution < -0.4 is 5.32 Å². The number of likely N-dealkylation sites (N-methyl/N-ethyl adjacent to an activating group) is 1. The fraction of sp³-hybridized carbons (Fsp3) is 0.571. The van der Waals surface area contributed by atoms with E-state index in [9.17, 15) is 4.79 Å². The Kier molecular flexibility index (Phi) is 5.30. The monoisotopic (exact) mass is 261 g/mol. The van der Waals surface area contributed by atoms with Crippen LogP contribution in [0.4, 0.5) is 0 Å². The van der Waals surface area contributed by atoms with Crippen molar-refractivity contribution in [1.82, 2.24) is 20.1 Å². The molecular formula is C14H21N4O. The highest BCUT2D eigenvalue weighted by atomic mass is 16.1. The molecule has 1 radical (unpaired) electrons. The molecule has 5 nitrogen and oxygen atoms in total. The Morgan fingerprint density at radius 2 is 2.21 bits per heavy atom. The number of aromatic nitrogens is 1. The van der Waals surface area contributed by atoms with Gasteiger partial charge in [-0.1, -0.05) is 0 Å². The molecule has 1 aliphatic rings. The molecule has 1 N–H and O–H groups in total. The van der Waals surface area contributed by atoms with Gasteiger partial charge in [0.2, 0.25) is 0 Å². The number of nitrogens with one attached hydrogen (secondary N) is 1. The molecule has 0 bridgehead atoms. The maximum Gasteiger partial charge on any atom is 0.252 e. The van der Waals surface area contributed by atoms with E-state index in [0.29, 0.717) is 12.1 Å². The Morgan fingerprint density at radius 3 is 2.89 bits per heavy atom. The topological polar surface area (TPSA) is 48.5 Å². The molecule has 1 amide bonds. The molecule has 0 spiro atoms. The summed E-state index contributed by atoms with van der Waals surface area (Å²) < 4.78 is 0. The minimum atomic E-state index is -0.0669. The van der Waals surface area contributed by atoms with Crippen LogP contribution in [0, 0.1) is 6.07 Å². The lowest BCUT2D eigenvalue weighted by Gasteiger charge is -2.32. The molecule has 0 unspecified atom stereocenters.